The summed E-state index contributed by atoms with van der Waals surface area (Å²) in [6.07, 6.45) is 4.62. The molecule has 0 radical (unpaired) electrons. The van der Waals surface area contributed by atoms with Crippen LogP contribution in [0.25, 0.3) is 0 Å². The van der Waals surface area contributed by atoms with E-state index in [4.69, 9.17) is 10.5 Å². The molecule has 0 amide bonds. The van der Waals surface area contributed by atoms with E-state index in [-0.39, 0.29) is 6.04 Å². The normalized spacial score (nSPS) is 21.4. The Bertz CT molecular complexity index is 394. The van der Waals surface area contributed by atoms with E-state index in [1.165, 1.54) is 17.7 Å². The molecular formula is C14H25N3O. The Kier molecular flexibility index (Phi) is 4.40. The minimum Gasteiger partial charge on any atom is -0.376 e. The molecule has 2 unspecified atom stereocenters. The summed E-state index contributed by atoms with van der Waals surface area (Å²) in [5.41, 5.74) is 9.75. The molecule has 2 rings (SSSR count). The zero-order valence-electron chi connectivity index (χ0n) is 11.8. The lowest BCUT2D eigenvalue weighted by molar-refractivity contribution is 0.0934. The van der Waals surface area contributed by atoms with Crippen LogP contribution >= 0.6 is 0 Å². The van der Waals surface area contributed by atoms with Gasteiger partial charge < -0.3 is 10.5 Å². The fourth-order valence-corrected chi connectivity index (χ4v) is 2.59. The van der Waals surface area contributed by atoms with Crippen LogP contribution in [0.3, 0.4) is 0 Å². The minimum absolute atomic E-state index is 0.239. The fourth-order valence-electron chi connectivity index (χ4n) is 2.59. The van der Waals surface area contributed by atoms with Crippen molar-refractivity contribution in [2.45, 2.75) is 65.1 Å². The van der Waals surface area contributed by atoms with Crippen molar-refractivity contribution >= 4 is 0 Å². The second-order valence-electron chi connectivity index (χ2n) is 5.34. The molecule has 0 spiro atoms. The minimum atomic E-state index is 0.239. The standard InChI is InChI=1S/C14H25N3O/c1-4-12(15)8-14-10(2)16-17(11(14)3)9-13-6-5-7-18-13/h12-13H,4-9,15H2,1-3H3. The number of ether oxygens (including phenoxy) is 1. The van der Waals surface area contributed by atoms with Crippen molar-refractivity contribution < 1.29 is 4.74 Å². The molecule has 2 N–H and O–H groups in total. The Morgan fingerprint density at radius 1 is 1.50 bits per heavy atom. The molecule has 2 atom stereocenters. The van der Waals surface area contributed by atoms with E-state index in [0.717, 1.165) is 38.1 Å². The molecule has 1 aliphatic rings. The first-order valence-electron chi connectivity index (χ1n) is 7.01. The molecule has 0 aliphatic carbocycles. The average Bonchev–Trinajstić information content (AvgIpc) is 2.94. The van der Waals surface area contributed by atoms with Crippen LogP contribution in [0.4, 0.5) is 0 Å². The van der Waals surface area contributed by atoms with Crippen molar-refractivity contribution in [3.63, 3.8) is 0 Å². The van der Waals surface area contributed by atoms with Crippen LogP contribution in [0.2, 0.25) is 0 Å². The highest BCUT2D eigenvalue weighted by Crippen LogP contribution is 2.19. The summed E-state index contributed by atoms with van der Waals surface area (Å²) in [6.45, 7) is 8.14. The maximum absolute atomic E-state index is 6.05. The third kappa shape index (κ3) is 2.93. The Hall–Kier alpha value is -0.870. The van der Waals surface area contributed by atoms with Gasteiger partial charge >= 0.3 is 0 Å². The van der Waals surface area contributed by atoms with E-state index in [2.05, 4.69) is 30.6 Å². The topological polar surface area (TPSA) is 53.1 Å². The van der Waals surface area contributed by atoms with Crippen LogP contribution in [-0.2, 0) is 17.7 Å². The Balaban J connectivity index is 2.09. The summed E-state index contributed by atoms with van der Waals surface area (Å²) >= 11 is 0. The van der Waals surface area contributed by atoms with E-state index in [1.54, 1.807) is 0 Å². The van der Waals surface area contributed by atoms with E-state index < -0.39 is 0 Å². The van der Waals surface area contributed by atoms with E-state index in [0.29, 0.717) is 6.10 Å². The first-order chi connectivity index (χ1) is 8.61. The van der Waals surface area contributed by atoms with Gasteiger partial charge in [-0.2, -0.15) is 5.10 Å². The summed E-state index contributed by atoms with van der Waals surface area (Å²) in [5, 5.41) is 4.64. The Labute approximate surface area is 110 Å². The van der Waals surface area contributed by atoms with Gasteiger partial charge in [0.2, 0.25) is 0 Å². The third-order valence-electron chi connectivity index (χ3n) is 3.92. The van der Waals surface area contributed by atoms with Gasteiger partial charge in [-0.05, 0) is 45.1 Å². The van der Waals surface area contributed by atoms with Crippen molar-refractivity contribution in [1.82, 2.24) is 9.78 Å². The highest BCUT2D eigenvalue weighted by atomic mass is 16.5. The van der Waals surface area contributed by atoms with Crippen LogP contribution in [0.1, 0.15) is 43.1 Å². The number of nitrogens with zero attached hydrogens (tertiary/aromatic N) is 2. The highest BCUT2D eigenvalue weighted by Gasteiger charge is 2.20. The van der Waals surface area contributed by atoms with Crippen molar-refractivity contribution in [3.05, 3.63) is 17.0 Å². The molecule has 2 heterocycles. The number of aromatic nitrogens is 2. The number of hydrogen-bond donors (Lipinski definition) is 1. The summed E-state index contributed by atoms with van der Waals surface area (Å²) in [6, 6.07) is 0.239. The van der Waals surface area contributed by atoms with Gasteiger partial charge in [0.25, 0.3) is 0 Å². The van der Waals surface area contributed by atoms with E-state index >= 15 is 0 Å². The quantitative estimate of drug-likeness (QED) is 0.870. The lowest BCUT2D eigenvalue weighted by atomic mass is 10.0. The van der Waals surface area contributed by atoms with Gasteiger partial charge in [0.05, 0.1) is 18.3 Å². The molecule has 1 saturated heterocycles. The molecule has 0 aromatic carbocycles. The Morgan fingerprint density at radius 3 is 2.89 bits per heavy atom. The summed E-state index contributed by atoms with van der Waals surface area (Å²) in [4.78, 5) is 0. The monoisotopic (exact) mass is 251 g/mol. The van der Waals surface area contributed by atoms with E-state index in [9.17, 15) is 0 Å². The van der Waals surface area contributed by atoms with Gasteiger partial charge in [0, 0.05) is 18.3 Å². The number of hydrogen-bond acceptors (Lipinski definition) is 3. The second kappa shape index (κ2) is 5.85. The van der Waals surface area contributed by atoms with Gasteiger partial charge in [-0.15, -0.1) is 0 Å². The summed E-state index contributed by atoms with van der Waals surface area (Å²) < 4.78 is 7.78. The molecule has 1 aliphatic heterocycles. The molecule has 1 aromatic rings. The zero-order chi connectivity index (χ0) is 13.1. The fraction of sp³-hybridized carbons (Fsp3) is 0.786. The molecule has 1 aromatic heterocycles. The first kappa shape index (κ1) is 13.6. The van der Waals surface area contributed by atoms with Crippen LogP contribution in [0.15, 0.2) is 0 Å². The molecule has 4 nitrogen and oxygen atoms in total. The molecule has 0 bridgehead atoms. The molecule has 18 heavy (non-hydrogen) atoms. The van der Waals surface area contributed by atoms with Crippen molar-refractivity contribution in [3.8, 4) is 0 Å². The van der Waals surface area contributed by atoms with Crippen molar-refractivity contribution in [2.24, 2.45) is 5.73 Å². The van der Waals surface area contributed by atoms with Crippen LogP contribution in [-0.4, -0.2) is 28.5 Å². The summed E-state index contributed by atoms with van der Waals surface area (Å²) in [5.74, 6) is 0. The van der Waals surface area contributed by atoms with Gasteiger partial charge in [0.1, 0.15) is 0 Å². The molecule has 102 valence electrons. The lowest BCUT2D eigenvalue weighted by Gasteiger charge is -2.12. The summed E-state index contributed by atoms with van der Waals surface area (Å²) in [7, 11) is 0. The predicted octanol–water partition coefficient (Wildman–Crippen LogP) is 1.96. The zero-order valence-corrected chi connectivity index (χ0v) is 11.8. The van der Waals surface area contributed by atoms with Gasteiger partial charge in [-0.1, -0.05) is 6.92 Å². The van der Waals surface area contributed by atoms with Crippen molar-refractivity contribution in [2.75, 3.05) is 6.61 Å². The SMILES string of the molecule is CCC(N)Cc1c(C)nn(CC2CCCO2)c1C. The average molecular weight is 251 g/mol. The molecule has 4 heteroatoms. The maximum atomic E-state index is 6.05. The van der Waals surface area contributed by atoms with Crippen LogP contribution in [0, 0.1) is 13.8 Å². The number of rotatable bonds is 5. The van der Waals surface area contributed by atoms with Gasteiger partial charge in [-0.25, -0.2) is 0 Å². The largest absolute Gasteiger partial charge is 0.376 e. The Morgan fingerprint density at radius 2 is 2.28 bits per heavy atom. The van der Waals surface area contributed by atoms with Crippen LogP contribution in [0.5, 0.6) is 0 Å². The molecular weight excluding hydrogens is 226 g/mol. The lowest BCUT2D eigenvalue weighted by Crippen LogP contribution is -2.22. The predicted molar refractivity (Wildman–Crippen MR) is 72.6 cm³/mol. The smallest absolute Gasteiger partial charge is 0.0771 e. The maximum Gasteiger partial charge on any atom is 0.0771 e. The first-order valence-corrected chi connectivity index (χ1v) is 7.01. The van der Waals surface area contributed by atoms with Crippen molar-refractivity contribution in [1.29, 1.82) is 0 Å². The third-order valence-corrected chi connectivity index (χ3v) is 3.92. The second-order valence-corrected chi connectivity index (χ2v) is 5.34. The van der Waals surface area contributed by atoms with Crippen LogP contribution < -0.4 is 5.73 Å². The van der Waals surface area contributed by atoms with E-state index in [1.807, 2.05) is 0 Å². The highest BCUT2D eigenvalue weighted by molar-refractivity contribution is 5.25. The number of nitrogens with two attached hydrogens (primary N) is 1. The van der Waals surface area contributed by atoms with Gasteiger partial charge in [0.15, 0.2) is 0 Å². The molecule has 0 saturated carbocycles. The molecule has 1 fully saturated rings. The number of aryl methyl sites for hydroxylation is 1. The van der Waals surface area contributed by atoms with Gasteiger partial charge in [-0.3, -0.25) is 4.68 Å².